The Kier molecular flexibility index (Phi) is 1.93. The van der Waals surface area contributed by atoms with E-state index in [1.807, 2.05) is 0 Å². The minimum atomic E-state index is 0.125. The summed E-state index contributed by atoms with van der Waals surface area (Å²) in [6, 6.07) is 3.11. The Balaban J connectivity index is 2.58. The lowest BCUT2D eigenvalue weighted by Crippen LogP contribution is -2.10. The average Bonchev–Trinajstić information content (AvgIpc) is 2.19. The summed E-state index contributed by atoms with van der Waals surface area (Å²) < 4.78 is 5.29. The van der Waals surface area contributed by atoms with Crippen LogP contribution in [0.2, 0.25) is 0 Å². The third-order valence-corrected chi connectivity index (χ3v) is 2.22. The molecule has 0 atom stereocenters. The summed E-state index contributed by atoms with van der Waals surface area (Å²) in [5.74, 6) is 0.608. The van der Waals surface area contributed by atoms with Crippen molar-refractivity contribution in [1.82, 2.24) is 0 Å². The highest BCUT2D eigenvalue weighted by Gasteiger charge is 2.17. The second-order valence-electron chi connectivity index (χ2n) is 3.05. The Morgan fingerprint density at radius 2 is 2.31 bits per heavy atom. The summed E-state index contributed by atoms with van der Waals surface area (Å²) in [5, 5.41) is 9.44. The van der Waals surface area contributed by atoms with Crippen LogP contribution >= 0.6 is 0 Å². The van der Waals surface area contributed by atoms with Crippen molar-refractivity contribution in [3.05, 3.63) is 23.3 Å². The predicted molar refractivity (Wildman–Crippen MR) is 47.3 cm³/mol. The molecule has 1 aliphatic rings. The van der Waals surface area contributed by atoms with Gasteiger partial charge in [-0.1, -0.05) is 0 Å². The number of hydrogen-bond acceptors (Lipinski definition) is 3. The van der Waals surface area contributed by atoms with Gasteiger partial charge in [0, 0.05) is 11.1 Å². The fraction of sp³-hybridized carbons (Fsp3) is 0.300. The number of aldehydes is 1. The molecule has 1 aromatic rings. The van der Waals surface area contributed by atoms with Crippen molar-refractivity contribution in [2.45, 2.75) is 12.8 Å². The number of rotatable bonds is 1. The van der Waals surface area contributed by atoms with Crippen LogP contribution in [0, 0.1) is 0 Å². The van der Waals surface area contributed by atoms with Crippen molar-refractivity contribution < 1.29 is 14.6 Å². The molecule has 68 valence electrons. The lowest BCUT2D eigenvalue weighted by atomic mass is 10.0. The average molecular weight is 178 g/mol. The van der Waals surface area contributed by atoms with Gasteiger partial charge in [-0.05, 0) is 25.0 Å². The molecule has 13 heavy (non-hydrogen) atoms. The van der Waals surface area contributed by atoms with E-state index in [0.717, 1.165) is 24.7 Å². The van der Waals surface area contributed by atoms with E-state index in [2.05, 4.69) is 0 Å². The van der Waals surface area contributed by atoms with Gasteiger partial charge in [-0.15, -0.1) is 0 Å². The fourth-order valence-corrected chi connectivity index (χ4v) is 1.58. The Morgan fingerprint density at radius 1 is 1.46 bits per heavy atom. The van der Waals surface area contributed by atoms with E-state index < -0.39 is 0 Å². The maximum atomic E-state index is 10.7. The Hall–Kier alpha value is -1.51. The van der Waals surface area contributed by atoms with Crippen LogP contribution in [-0.2, 0) is 6.42 Å². The molecular formula is C10H10O3. The highest BCUT2D eigenvalue weighted by Crippen LogP contribution is 2.35. The van der Waals surface area contributed by atoms with E-state index in [1.54, 1.807) is 6.07 Å². The summed E-state index contributed by atoms with van der Waals surface area (Å²) in [4.78, 5) is 10.7. The van der Waals surface area contributed by atoms with Crippen molar-refractivity contribution in [3.63, 3.8) is 0 Å². The summed E-state index contributed by atoms with van der Waals surface area (Å²) in [6.45, 7) is 0.614. The van der Waals surface area contributed by atoms with Gasteiger partial charge in [0.25, 0.3) is 0 Å². The summed E-state index contributed by atoms with van der Waals surface area (Å²) in [5.41, 5.74) is 1.45. The van der Waals surface area contributed by atoms with Gasteiger partial charge >= 0.3 is 0 Å². The molecule has 1 heterocycles. The SMILES string of the molecule is O=Cc1ccc(O)c2c1CCCO2. The zero-order valence-corrected chi connectivity index (χ0v) is 7.12. The molecule has 0 aromatic heterocycles. The zero-order chi connectivity index (χ0) is 9.26. The Bertz CT molecular complexity index is 344. The molecule has 0 saturated heterocycles. The first-order valence-electron chi connectivity index (χ1n) is 4.26. The molecule has 0 unspecified atom stereocenters. The van der Waals surface area contributed by atoms with Gasteiger partial charge in [-0.25, -0.2) is 0 Å². The first kappa shape index (κ1) is 8.10. The molecule has 0 fully saturated rings. The Morgan fingerprint density at radius 3 is 3.08 bits per heavy atom. The topological polar surface area (TPSA) is 46.5 Å². The highest BCUT2D eigenvalue weighted by atomic mass is 16.5. The molecule has 2 rings (SSSR count). The maximum Gasteiger partial charge on any atom is 0.164 e. The molecule has 3 nitrogen and oxygen atoms in total. The predicted octanol–water partition coefficient (Wildman–Crippen LogP) is 1.53. The number of carbonyl (C=O) groups is 1. The normalized spacial score (nSPS) is 14.5. The fourth-order valence-electron chi connectivity index (χ4n) is 1.58. The first-order valence-corrected chi connectivity index (χ1v) is 4.26. The van der Waals surface area contributed by atoms with E-state index >= 15 is 0 Å². The van der Waals surface area contributed by atoms with Crippen LogP contribution in [-0.4, -0.2) is 18.0 Å². The van der Waals surface area contributed by atoms with Crippen LogP contribution in [0.1, 0.15) is 22.3 Å². The first-order chi connectivity index (χ1) is 6.33. The molecule has 0 saturated carbocycles. The smallest absolute Gasteiger partial charge is 0.164 e. The number of hydrogen-bond donors (Lipinski definition) is 1. The number of benzene rings is 1. The van der Waals surface area contributed by atoms with Crippen LogP contribution in [0.25, 0.3) is 0 Å². The van der Waals surface area contributed by atoms with Crippen LogP contribution < -0.4 is 4.74 Å². The zero-order valence-electron chi connectivity index (χ0n) is 7.12. The van der Waals surface area contributed by atoms with Crippen LogP contribution in [0.5, 0.6) is 11.5 Å². The quantitative estimate of drug-likeness (QED) is 0.663. The molecule has 1 aliphatic heterocycles. The van der Waals surface area contributed by atoms with Crippen molar-refractivity contribution in [2.75, 3.05) is 6.61 Å². The monoisotopic (exact) mass is 178 g/mol. The summed E-state index contributed by atoms with van der Waals surface area (Å²) in [6.07, 6.45) is 2.50. The molecule has 0 amide bonds. The van der Waals surface area contributed by atoms with Gasteiger partial charge in [-0.3, -0.25) is 4.79 Å². The number of phenolic OH excluding ortho intramolecular Hbond substituents is 1. The number of phenols is 1. The van der Waals surface area contributed by atoms with Crippen molar-refractivity contribution in [1.29, 1.82) is 0 Å². The highest BCUT2D eigenvalue weighted by molar-refractivity contribution is 5.80. The molecular weight excluding hydrogens is 168 g/mol. The van der Waals surface area contributed by atoms with Crippen molar-refractivity contribution >= 4 is 6.29 Å². The number of aromatic hydroxyl groups is 1. The van der Waals surface area contributed by atoms with E-state index in [1.165, 1.54) is 6.07 Å². The minimum Gasteiger partial charge on any atom is -0.504 e. The largest absolute Gasteiger partial charge is 0.504 e. The van der Waals surface area contributed by atoms with E-state index in [4.69, 9.17) is 4.74 Å². The number of ether oxygens (including phenoxy) is 1. The summed E-state index contributed by atoms with van der Waals surface area (Å²) >= 11 is 0. The second kappa shape index (κ2) is 3.09. The lowest BCUT2D eigenvalue weighted by molar-refractivity contribution is 0.112. The Labute approximate surface area is 76.0 Å². The molecule has 3 heteroatoms. The van der Waals surface area contributed by atoms with Gasteiger partial charge in [0.15, 0.2) is 11.5 Å². The number of fused-ring (bicyclic) bond motifs is 1. The molecule has 1 aromatic carbocycles. The molecule has 0 bridgehead atoms. The maximum absolute atomic E-state index is 10.7. The molecule has 1 N–H and O–H groups in total. The molecule has 0 spiro atoms. The van der Waals surface area contributed by atoms with Gasteiger partial charge < -0.3 is 9.84 Å². The van der Waals surface area contributed by atoms with Crippen LogP contribution in [0.3, 0.4) is 0 Å². The number of carbonyl (C=O) groups excluding carboxylic acids is 1. The van der Waals surface area contributed by atoms with Crippen LogP contribution in [0.4, 0.5) is 0 Å². The second-order valence-corrected chi connectivity index (χ2v) is 3.05. The van der Waals surface area contributed by atoms with Crippen molar-refractivity contribution in [3.8, 4) is 11.5 Å². The van der Waals surface area contributed by atoms with Gasteiger partial charge in [0.05, 0.1) is 6.61 Å². The molecule has 0 aliphatic carbocycles. The third kappa shape index (κ3) is 1.26. The summed E-state index contributed by atoms with van der Waals surface area (Å²) in [7, 11) is 0. The standard InChI is InChI=1S/C10H10O3/c11-6-7-3-4-9(12)10-8(7)2-1-5-13-10/h3-4,6,12H,1-2,5H2. The third-order valence-electron chi connectivity index (χ3n) is 2.22. The van der Waals surface area contributed by atoms with Gasteiger partial charge in [-0.2, -0.15) is 0 Å². The minimum absolute atomic E-state index is 0.125. The lowest BCUT2D eigenvalue weighted by Gasteiger charge is -2.19. The van der Waals surface area contributed by atoms with E-state index in [0.29, 0.717) is 17.9 Å². The van der Waals surface area contributed by atoms with E-state index in [9.17, 15) is 9.90 Å². The van der Waals surface area contributed by atoms with Gasteiger partial charge in [0.2, 0.25) is 0 Å². The van der Waals surface area contributed by atoms with Crippen LogP contribution in [0.15, 0.2) is 12.1 Å². The van der Waals surface area contributed by atoms with Crippen molar-refractivity contribution in [2.24, 2.45) is 0 Å². The molecule has 0 radical (unpaired) electrons. The van der Waals surface area contributed by atoms with E-state index in [-0.39, 0.29) is 5.75 Å². The van der Waals surface area contributed by atoms with Gasteiger partial charge in [0.1, 0.15) is 6.29 Å².